The van der Waals surface area contributed by atoms with Gasteiger partial charge in [-0.3, -0.25) is 4.79 Å². The summed E-state index contributed by atoms with van der Waals surface area (Å²) in [5, 5.41) is 2.92. The molecule has 1 N–H and O–H groups in total. The fourth-order valence-electron chi connectivity index (χ4n) is 3.13. The molecule has 2 aromatic carbocycles. The number of benzene rings is 2. The van der Waals surface area contributed by atoms with Gasteiger partial charge >= 0.3 is 0 Å². The Morgan fingerprint density at radius 1 is 1.00 bits per heavy atom. The summed E-state index contributed by atoms with van der Waals surface area (Å²) in [5.74, 6) is 0.793. The topological polar surface area (TPSA) is 75.7 Å². The van der Waals surface area contributed by atoms with Crippen LogP contribution in [0.15, 0.2) is 53.4 Å². The zero-order valence-corrected chi connectivity index (χ0v) is 18.2. The maximum Gasteiger partial charge on any atom is 0.243 e. The van der Waals surface area contributed by atoms with Gasteiger partial charge in [-0.05, 0) is 42.2 Å². The number of methoxy groups -OCH3 is 1. The van der Waals surface area contributed by atoms with Crippen molar-refractivity contribution in [3.8, 4) is 5.75 Å². The van der Waals surface area contributed by atoms with Crippen LogP contribution in [0.25, 0.3) is 0 Å². The van der Waals surface area contributed by atoms with Crippen LogP contribution in [0.2, 0.25) is 0 Å². The van der Waals surface area contributed by atoms with Crippen molar-refractivity contribution in [3.63, 3.8) is 0 Å². The lowest BCUT2D eigenvalue weighted by Crippen LogP contribution is -2.30. The predicted octanol–water partition coefficient (Wildman–Crippen LogP) is 3.02. The van der Waals surface area contributed by atoms with Crippen molar-refractivity contribution < 1.29 is 17.9 Å². The van der Waals surface area contributed by atoms with Crippen LogP contribution in [0.5, 0.6) is 5.75 Å². The molecule has 158 valence electrons. The van der Waals surface area contributed by atoms with Crippen molar-refractivity contribution in [2.45, 2.75) is 38.0 Å². The standard InChI is InChI=1S/C22H30N2O4S/c1-4-24(5-2)29(26,27)20-13-10-18(11-14-20)12-15-22(25)23-17-16-19-8-6-7-9-21(19)28-3/h6-11,13-14H,4-5,12,15-17H2,1-3H3,(H,23,25). The number of carbonyl (C=O) groups excluding carboxylic acids is 1. The molecular weight excluding hydrogens is 388 g/mol. The van der Waals surface area contributed by atoms with Crippen molar-refractivity contribution >= 4 is 15.9 Å². The fraction of sp³-hybridized carbons (Fsp3) is 0.409. The predicted molar refractivity (Wildman–Crippen MR) is 115 cm³/mol. The largest absolute Gasteiger partial charge is 0.496 e. The first-order valence-electron chi connectivity index (χ1n) is 9.90. The summed E-state index contributed by atoms with van der Waals surface area (Å²) >= 11 is 0. The number of nitrogens with zero attached hydrogens (tertiary/aromatic N) is 1. The number of hydrogen-bond donors (Lipinski definition) is 1. The number of para-hydroxylation sites is 1. The minimum absolute atomic E-state index is 0.0280. The molecule has 7 heteroatoms. The fourth-order valence-corrected chi connectivity index (χ4v) is 4.59. The molecule has 0 unspecified atom stereocenters. The SMILES string of the molecule is CCN(CC)S(=O)(=O)c1ccc(CCC(=O)NCCc2ccccc2OC)cc1. The average Bonchev–Trinajstić information content (AvgIpc) is 2.73. The lowest BCUT2D eigenvalue weighted by atomic mass is 10.1. The van der Waals surface area contributed by atoms with Crippen LogP contribution in [-0.4, -0.2) is 45.4 Å². The van der Waals surface area contributed by atoms with E-state index in [0.717, 1.165) is 16.9 Å². The average molecular weight is 419 g/mol. The Balaban J connectivity index is 1.83. The highest BCUT2D eigenvalue weighted by molar-refractivity contribution is 7.89. The van der Waals surface area contributed by atoms with Crippen LogP contribution in [-0.2, 0) is 27.7 Å². The van der Waals surface area contributed by atoms with Gasteiger partial charge < -0.3 is 10.1 Å². The molecule has 1 amide bonds. The van der Waals surface area contributed by atoms with E-state index in [-0.39, 0.29) is 10.8 Å². The smallest absolute Gasteiger partial charge is 0.243 e. The van der Waals surface area contributed by atoms with E-state index in [9.17, 15) is 13.2 Å². The summed E-state index contributed by atoms with van der Waals surface area (Å²) in [6.07, 6.45) is 1.62. The first-order valence-corrected chi connectivity index (χ1v) is 11.3. The number of ether oxygens (including phenoxy) is 1. The minimum Gasteiger partial charge on any atom is -0.496 e. The van der Waals surface area contributed by atoms with E-state index in [1.165, 1.54) is 4.31 Å². The van der Waals surface area contributed by atoms with Gasteiger partial charge in [0.2, 0.25) is 15.9 Å². The molecule has 0 fully saturated rings. The van der Waals surface area contributed by atoms with Crippen LogP contribution >= 0.6 is 0 Å². The van der Waals surface area contributed by atoms with Gasteiger partial charge in [-0.1, -0.05) is 44.2 Å². The van der Waals surface area contributed by atoms with E-state index < -0.39 is 10.0 Å². The van der Waals surface area contributed by atoms with Gasteiger partial charge in [0.05, 0.1) is 12.0 Å². The Morgan fingerprint density at radius 3 is 2.28 bits per heavy atom. The van der Waals surface area contributed by atoms with Gasteiger partial charge in [0.1, 0.15) is 5.75 Å². The van der Waals surface area contributed by atoms with E-state index in [4.69, 9.17) is 4.74 Å². The molecule has 29 heavy (non-hydrogen) atoms. The Labute approximate surface area is 173 Å². The second-order valence-corrected chi connectivity index (χ2v) is 8.58. The third-order valence-electron chi connectivity index (χ3n) is 4.82. The van der Waals surface area contributed by atoms with E-state index in [1.54, 1.807) is 31.4 Å². The summed E-state index contributed by atoms with van der Waals surface area (Å²) in [5.41, 5.74) is 1.99. The molecule has 0 bridgehead atoms. The van der Waals surface area contributed by atoms with Crippen LogP contribution in [0, 0.1) is 0 Å². The third kappa shape index (κ3) is 6.30. The molecular formula is C22H30N2O4S. The quantitative estimate of drug-likeness (QED) is 0.609. The lowest BCUT2D eigenvalue weighted by Gasteiger charge is -2.18. The number of amides is 1. The molecule has 0 aromatic heterocycles. The Kier molecular flexibility index (Phi) is 8.67. The normalized spacial score (nSPS) is 11.4. The Hall–Kier alpha value is -2.38. The Bertz CT molecular complexity index is 891. The number of carbonyl (C=O) groups is 1. The van der Waals surface area contributed by atoms with Gasteiger partial charge in [-0.2, -0.15) is 4.31 Å². The van der Waals surface area contributed by atoms with Crippen molar-refractivity contribution in [1.29, 1.82) is 0 Å². The van der Waals surface area contributed by atoms with Crippen LogP contribution in [0.3, 0.4) is 0 Å². The van der Waals surface area contributed by atoms with Crippen LogP contribution in [0.4, 0.5) is 0 Å². The van der Waals surface area contributed by atoms with Gasteiger partial charge in [-0.25, -0.2) is 8.42 Å². The number of aryl methyl sites for hydroxylation is 1. The summed E-state index contributed by atoms with van der Waals surface area (Å²) in [4.78, 5) is 12.4. The molecule has 0 radical (unpaired) electrons. The number of rotatable bonds is 11. The highest BCUT2D eigenvalue weighted by Crippen LogP contribution is 2.18. The van der Waals surface area contributed by atoms with Crippen LogP contribution in [0.1, 0.15) is 31.4 Å². The maximum atomic E-state index is 12.5. The van der Waals surface area contributed by atoms with Crippen molar-refractivity contribution in [2.75, 3.05) is 26.7 Å². The molecule has 2 rings (SSSR count). The van der Waals surface area contributed by atoms with Crippen molar-refractivity contribution in [3.05, 3.63) is 59.7 Å². The van der Waals surface area contributed by atoms with Gasteiger partial charge in [0.15, 0.2) is 0 Å². The number of hydrogen-bond acceptors (Lipinski definition) is 4. The van der Waals surface area contributed by atoms with Gasteiger partial charge in [0, 0.05) is 26.1 Å². The van der Waals surface area contributed by atoms with Crippen LogP contribution < -0.4 is 10.1 Å². The van der Waals surface area contributed by atoms with E-state index in [2.05, 4.69) is 5.32 Å². The minimum atomic E-state index is -3.45. The molecule has 0 saturated heterocycles. The van der Waals surface area contributed by atoms with E-state index in [1.807, 2.05) is 38.1 Å². The molecule has 0 saturated carbocycles. The zero-order chi connectivity index (χ0) is 21.3. The number of nitrogens with one attached hydrogen (secondary N) is 1. The summed E-state index contributed by atoms with van der Waals surface area (Å²) in [7, 11) is -1.81. The Morgan fingerprint density at radius 2 is 1.66 bits per heavy atom. The molecule has 0 heterocycles. The summed E-state index contributed by atoms with van der Waals surface area (Å²) < 4.78 is 31.8. The van der Waals surface area contributed by atoms with Crippen molar-refractivity contribution in [1.82, 2.24) is 9.62 Å². The third-order valence-corrected chi connectivity index (χ3v) is 6.88. The lowest BCUT2D eigenvalue weighted by molar-refractivity contribution is -0.121. The monoisotopic (exact) mass is 418 g/mol. The van der Waals surface area contributed by atoms with E-state index in [0.29, 0.717) is 38.9 Å². The maximum absolute atomic E-state index is 12.5. The summed E-state index contributed by atoms with van der Waals surface area (Å²) in [6, 6.07) is 14.5. The van der Waals surface area contributed by atoms with Crippen molar-refractivity contribution in [2.24, 2.45) is 0 Å². The van der Waals surface area contributed by atoms with E-state index >= 15 is 0 Å². The van der Waals surface area contributed by atoms with Gasteiger partial charge in [0.25, 0.3) is 0 Å². The number of sulfonamides is 1. The first-order chi connectivity index (χ1) is 13.9. The summed E-state index contributed by atoms with van der Waals surface area (Å²) in [6.45, 7) is 5.06. The highest BCUT2D eigenvalue weighted by atomic mass is 32.2. The second-order valence-electron chi connectivity index (χ2n) is 6.65. The van der Waals surface area contributed by atoms with Gasteiger partial charge in [-0.15, -0.1) is 0 Å². The zero-order valence-electron chi connectivity index (χ0n) is 17.3. The molecule has 0 aliphatic rings. The molecule has 0 spiro atoms. The highest BCUT2D eigenvalue weighted by Gasteiger charge is 2.21. The molecule has 0 aliphatic heterocycles. The molecule has 0 aliphatic carbocycles. The first kappa shape index (κ1) is 22.9. The molecule has 0 atom stereocenters. The molecule has 6 nitrogen and oxygen atoms in total. The second kappa shape index (κ2) is 11.0. The molecule has 2 aromatic rings.